The first kappa shape index (κ1) is 22.9. The van der Waals surface area contributed by atoms with E-state index in [0.717, 1.165) is 34.3 Å². The maximum absolute atomic E-state index is 5.88. The highest BCUT2D eigenvalue weighted by Crippen LogP contribution is 2.42. The van der Waals surface area contributed by atoms with E-state index in [1.165, 1.54) is 0 Å². The van der Waals surface area contributed by atoms with Gasteiger partial charge in [0.25, 0.3) is 0 Å². The zero-order valence-corrected chi connectivity index (χ0v) is 20.8. The van der Waals surface area contributed by atoms with E-state index < -0.39 is 0 Å². The van der Waals surface area contributed by atoms with Gasteiger partial charge < -0.3 is 24.3 Å². The number of nitrogens with one attached hydrogen (secondary N) is 1. The second-order valence-electron chi connectivity index (χ2n) is 8.66. The highest BCUT2D eigenvalue weighted by atomic mass is 32.1. The SMILES string of the molecule is COc1ccc(-n2cccc2[C@H]2[C@@H](c3ccccn3)NC(=S)N2c2ccc(OC(C)C)cc2)cc1. The molecule has 4 aromatic rings. The molecule has 0 bridgehead atoms. The fourth-order valence-corrected chi connectivity index (χ4v) is 4.85. The van der Waals surface area contributed by atoms with Crippen molar-refractivity contribution >= 4 is 23.0 Å². The van der Waals surface area contributed by atoms with Crippen LogP contribution in [0, 0.1) is 0 Å². The lowest BCUT2D eigenvalue weighted by Crippen LogP contribution is -2.30. The fourth-order valence-electron chi connectivity index (χ4n) is 4.50. The molecule has 3 heterocycles. The molecule has 2 aromatic heterocycles. The van der Waals surface area contributed by atoms with Crippen molar-refractivity contribution in [1.29, 1.82) is 0 Å². The molecule has 0 amide bonds. The van der Waals surface area contributed by atoms with Gasteiger partial charge >= 0.3 is 0 Å². The van der Waals surface area contributed by atoms with E-state index in [2.05, 4.69) is 62.4 Å². The number of nitrogens with zero attached hydrogens (tertiary/aromatic N) is 3. The number of hydrogen-bond donors (Lipinski definition) is 1. The summed E-state index contributed by atoms with van der Waals surface area (Å²) in [6, 6.07) is 26.1. The second-order valence-corrected chi connectivity index (χ2v) is 9.04. The zero-order chi connectivity index (χ0) is 24.4. The van der Waals surface area contributed by atoms with E-state index in [9.17, 15) is 0 Å². The third-order valence-corrected chi connectivity index (χ3v) is 6.33. The molecule has 2 atom stereocenters. The molecule has 1 aliphatic heterocycles. The molecule has 0 radical (unpaired) electrons. The molecule has 0 unspecified atom stereocenters. The molecule has 1 aliphatic rings. The summed E-state index contributed by atoms with van der Waals surface area (Å²) in [6.07, 6.45) is 4.01. The molecule has 178 valence electrons. The van der Waals surface area contributed by atoms with Gasteiger partial charge in [0.05, 0.1) is 24.9 Å². The lowest BCUT2D eigenvalue weighted by molar-refractivity contribution is 0.242. The molecule has 5 rings (SSSR count). The first-order chi connectivity index (χ1) is 17.0. The number of methoxy groups -OCH3 is 1. The third kappa shape index (κ3) is 4.59. The summed E-state index contributed by atoms with van der Waals surface area (Å²) in [5.74, 6) is 1.66. The first-order valence-corrected chi connectivity index (χ1v) is 12.0. The Morgan fingerprint density at radius 2 is 1.60 bits per heavy atom. The Balaban J connectivity index is 1.59. The lowest BCUT2D eigenvalue weighted by atomic mass is 10.0. The number of aromatic nitrogens is 2. The van der Waals surface area contributed by atoms with Crippen molar-refractivity contribution in [3.8, 4) is 17.2 Å². The molecule has 1 N–H and O–H groups in total. The van der Waals surface area contributed by atoms with Crippen LogP contribution in [-0.2, 0) is 0 Å². The largest absolute Gasteiger partial charge is 0.497 e. The number of rotatable bonds is 7. The van der Waals surface area contributed by atoms with Gasteiger partial charge in [-0.15, -0.1) is 0 Å². The number of hydrogen-bond acceptors (Lipinski definition) is 4. The molecule has 7 heteroatoms. The van der Waals surface area contributed by atoms with Gasteiger partial charge in [-0.2, -0.15) is 0 Å². The van der Waals surface area contributed by atoms with Crippen molar-refractivity contribution in [1.82, 2.24) is 14.9 Å². The summed E-state index contributed by atoms with van der Waals surface area (Å²) in [5.41, 5.74) is 4.07. The minimum atomic E-state index is -0.123. The van der Waals surface area contributed by atoms with Crippen LogP contribution in [-0.4, -0.2) is 27.9 Å². The topological polar surface area (TPSA) is 51.5 Å². The lowest BCUT2D eigenvalue weighted by Gasteiger charge is -2.29. The smallest absolute Gasteiger partial charge is 0.174 e. The molecular formula is C28H28N4O2S. The highest BCUT2D eigenvalue weighted by Gasteiger charge is 2.42. The Hall–Kier alpha value is -3.84. The van der Waals surface area contributed by atoms with Crippen LogP contribution in [0.25, 0.3) is 5.69 Å². The Morgan fingerprint density at radius 3 is 2.26 bits per heavy atom. The van der Waals surface area contributed by atoms with Gasteiger partial charge in [-0.3, -0.25) is 4.98 Å². The van der Waals surface area contributed by atoms with Crippen LogP contribution in [0.1, 0.15) is 37.3 Å². The Kier molecular flexibility index (Phi) is 6.42. The van der Waals surface area contributed by atoms with Crippen LogP contribution >= 0.6 is 12.2 Å². The summed E-state index contributed by atoms with van der Waals surface area (Å²) < 4.78 is 13.4. The predicted molar refractivity (Wildman–Crippen MR) is 142 cm³/mol. The van der Waals surface area contributed by atoms with Crippen molar-refractivity contribution in [2.24, 2.45) is 0 Å². The van der Waals surface area contributed by atoms with Gasteiger partial charge in [0.2, 0.25) is 0 Å². The number of pyridine rings is 1. The van der Waals surface area contributed by atoms with Crippen molar-refractivity contribution in [2.75, 3.05) is 12.0 Å². The standard InChI is InChI=1S/C28H28N4O2S/c1-19(2)34-23-15-11-21(12-16-23)32-27(26(30-28(32)35)24-7-4-5-17-29-24)25-8-6-18-31(25)20-9-13-22(33-3)14-10-20/h4-19,26-27H,1-3H3,(H,30,35)/t26-,27+/m1/s1. The highest BCUT2D eigenvalue weighted by molar-refractivity contribution is 7.80. The number of anilines is 1. The van der Waals surface area contributed by atoms with Gasteiger partial charge in [-0.25, -0.2) is 0 Å². The summed E-state index contributed by atoms with van der Waals surface area (Å²) in [5, 5.41) is 4.19. The van der Waals surface area contributed by atoms with E-state index in [1.54, 1.807) is 7.11 Å². The van der Waals surface area contributed by atoms with Crippen molar-refractivity contribution < 1.29 is 9.47 Å². The molecule has 2 aromatic carbocycles. The van der Waals surface area contributed by atoms with Gasteiger partial charge in [0.1, 0.15) is 17.5 Å². The summed E-state index contributed by atoms with van der Waals surface area (Å²) in [7, 11) is 1.67. The zero-order valence-electron chi connectivity index (χ0n) is 20.0. The van der Waals surface area contributed by atoms with Gasteiger partial charge in [-0.05, 0) is 98.9 Å². The predicted octanol–water partition coefficient (Wildman–Crippen LogP) is 5.85. The molecule has 1 fully saturated rings. The molecule has 0 aliphatic carbocycles. The van der Waals surface area contributed by atoms with Crippen LogP contribution in [0.2, 0.25) is 0 Å². The van der Waals surface area contributed by atoms with E-state index in [1.807, 2.05) is 62.5 Å². The number of benzene rings is 2. The van der Waals surface area contributed by atoms with Crippen LogP contribution in [0.4, 0.5) is 5.69 Å². The third-order valence-electron chi connectivity index (χ3n) is 6.02. The maximum atomic E-state index is 5.88. The minimum Gasteiger partial charge on any atom is -0.497 e. The summed E-state index contributed by atoms with van der Waals surface area (Å²) in [6.45, 7) is 4.04. The van der Waals surface area contributed by atoms with E-state index in [-0.39, 0.29) is 18.2 Å². The quantitative estimate of drug-likeness (QED) is 0.332. The first-order valence-electron chi connectivity index (χ1n) is 11.6. The van der Waals surface area contributed by atoms with Crippen molar-refractivity contribution in [3.63, 3.8) is 0 Å². The molecule has 35 heavy (non-hydrogen) atoms. The summed E-state index contributed by atoms with van der Waals surface area (Å²) >= 11 is 5.88. The Morgan fingerprint density at radius 1 is 0.886 bits per heavy atom. The van der Waals surface area contributed by atoms with Crippen LogP contribution < -0.4 is 19.7 Å². The van der Waals surface area contributed by atoms with Gasteiger partial charge in [-0.1, -0.05) is 6.07 Å². The van der Waals surface area contributed by atoms with Crippen molar-refractivity contribution in [3.05, 3.63) is 103 Å². The minimum absolute atomic E-state index is 0.115. The molecular weight excluding hydrogens is 456 g/mol. The van der Waals surface area contributed by atoms with Crippen molar-refractivity contribution in [2.45, 2.75) is 32.0 Å². The maximum Gasteiger partial charge on any atom is 0.174 e. The van der Waals surface area contributed by atoms with Crippen LogP contribution in [0.15, 0.2) is 91.3 Å². The number of ether oxygens (including phenoxy) is 2. The summed E-state index contributed by atoms with van der Waals surface area (Å²) in [4.78, 5) is 6.83. The molecule has 0 spiro atoms. The monoisotopic (exact) mass is 484 g/mol. The number of thiocarbonyl (C=S) groups is 1. The average molecular weight is 485 g/mol. The van der Waals surface area contributed by atoms with Gasteiger partial charge in [0, 0.05) is 29.5 Å². The molecule has 0 saturated carbocycles. The van der Waals surface area contributed by atoms with Crippen LogP contribution in [0.5, 0.6) is 11.5 Å². The van der Waals surface area contributed by atoms with E-state index in [4.69, 9.17) is 21.7 Å². The average Bonchev–Trinajstić information content (AvgIpc) is 3.49. The second kappa shape index (κ2) is 9.80. The Bertz CT molecular complexity index is 1290. The normalized spacial score (nSPS) is 17.5. The van der Waals surface area contributed by atoms with Gasteiger partial charge in [0.15, 0.2) is 5.11 Å². The van der Waals surface area contributed by atoms with E-state index >= 15 is 0 Å². The Labute approximate surface area is 211 Å². The van der Waals surface area contributed by atoms with E-state index in [0.29, 0.717) is 5.11 Å². The molecule has 6 nitrogen and oxygen atoms in total. The molecule has 1 saturated heterocycles. The fraction of sp³-hybridized carbons (Fsp3) is 0.214. The van der Waals surface area contributed by atoms with Crippen LogP contribution in [0.3, 0.4) is 0 Å².